The molecule has 0 bridgehead atoms. The molecule has 0 saturated carbocycles. The lowest BCUT2D eigenvalue weighted by Gasteiger charge is -2.14. The van der Waals surface area contributed by atoms with Gasteiger partial charge in [-0.1, -0.05) is 0 Å². The third-order valence-corrected chi connectivity index (χ3v) is 0. The van der Waals surface area contributed by atoms with Crippen molar-refractivity contribution in [3.05, 3.63) is 0 Å². The Morgan fingerprint density at radius 3 is 0.625 bits per heavy atom. The molecule has 0 amide bonds. The molecule has 0 aromatic rings. The number of hydrogen-bond acceptors (Lipinski definition) is 0. The van der Waals surface area contributed by atoms with Crippen LogP contribution in [0.5, 0.6) is 0 Å². The highest BCUT2D eigenvalue weighted by Gasteiger charge is 1.88. The van der Waals surface area contributed by atoms with Crippen LogP contribution in [0, 0.1) is 0 Å². The Balaban J connectivity index is -0.0000000267. The van der Waals surface area contributed by atoms with Gasteiger partial charge in [0.2, 0.25) is 0 Å². The first kappa shape index (κ1) is 22.5. The smallest absolute Gasteiger partial charge is 0.0675 e. The summed E-state index contributed by atoms with van der Waals surface area (Å²) in [7, 11) is 8.50. The van der Waals surface area contributed by atoms with Crippen LogP contribution in [-0.2, 0) is 0 Å². The van der Waals surface area contributed by atoms with E-state index in [1.807, 2.05) is 0 Å². The van der Waals surface area contributed by atoms with Gasteiger partial charge in [0, 0.05) is 0 Å². The first-order valence-corrected chi connectivity index (χ1v) is 1.79. The molecule has 1 nitrogen and oxygen atoms in total. The fourth-order valence-electron chi connectivity index (χ4n) is 0. The van der Waals surface area contributed by atoms with Crippen LogP contribution in [-0.4, -0.2) is 32.7 Å². The Labute approximate surface area is 103 Å². The fraction of sp³-hybridized carbons (Fsp3) is 1.00. The summed E-state index contributed by atoms with van der Waals surface area (Å²) in [4.78, 5) is 0. The van der Waals surface area contributed by atoms with Gasteiger partial charge in [-0.05, 0) is 0 Å². The molecule has 0 rings (SSSR count). The Morgan fingerprint density at radius 2 is 0.625 bits per heavy atom. The molecule has 0 aliphatic heterocycles. The van der Waals surface area contributed by atoms with Crippen LogP contribution in [0.15, 0.2) is 0 Å². The molecular weight excluding hydrogens is 443 g/mol. The van der Waals surface area contributed by atoms with Crippen molar-refractivity contribution in [1.82, 2.24) is 0 Å². The van der Waals surface area contributed by atoms with E-state index in [2.05, 4.69) is 28.2 Å². The van der Waals surface area contributed by atoms with Crippen molar-refractivity contribution in [1.29, 1.82) is 0 Å². The maximum absolute atomic E-state index is 2.12. The Hall–Kier alpha value is 2.15. The van der Waals surface area contributed by atoms with E-state index in [1.54, 1.807) is 0 Å². The lowest BCUT2D eigenvalue weighted by atomic mass is 10.8. The molecule has 56 valence electrons. The topological polar surface area (TPSA) is 0 Å². The van der Waals surface area contributed by atoms with Gasteiger partial charge in [-0.15, -0.1) is 0 Å². The summed E-state index contributed by atoms with van der Waals surface area (Å²) < 4.78 is 1.00. The minimum absolute atomic E-state index is 0. The van der Waals surface area contributed by atoms with E-state index in [4.69, 9.17) is 0 Å². The second-order valence-corrected chi connectivity index (χ2v) is 2.68. The Bertz CT molecular complexity index is 26.8. The van der Waals surface area contributed by atoms with Gasteiger partial charge < -0.3 is 76.4 Å². The summed E-state index contributed by atoms with van der Waals surface area (Å²) in [6.07, 6.45) is 0. The molecule has 0 aromatic carbocycles. The summed E-state index contributed by atoms with van der Waals surface area (Å²) in [5.74, 6) is 0. The lowest BCUT2D eigenvalue weighted by molar-refractivity contribution is -0.849. The molecule has 0 spiro atoms. The second kappa shape index (κ2) is 9.15. The number of halogens is 3. The molecular formula is C4H12I3N-2. The van der Waals surface area contributed by atoms with Crippen LogP contribution < -0.4 is 71.9 Å². The number of hydrogen-bond donors (Lipinski definition) is 0. The van der Waals surface area contributed by atoms with Crippen molar-refractivity contribution in [3.8, 4) is 0 Å². The summed E-state index contributed by atoms with van der Waals surface area (Å²) in [6, 6.07) is 0. The molecule has 0 fully saturated rings. The summed E-state index contributed by atoms with van der Waals surface area (Å²) in [6.45, 7) is 0. The van der Waals surface area contributed by atoms with Crippen LogP contribution in [0.2, 0.25) is 0 Å². The van der Waals surface area contributed by atoms with Gasteiger partial charge in [0.25, 0.3) is 0 Å². The number of quaternary nitrogens is 1. The van der Waals surface area contributed by atoms with Crippen LogP contribution in [0.4, 0.5) is 0 Å². The number of rotatable bonds is 0. The second-order valence-electron chi connectivity index (χ2n) is 2.68. The standard InChI is InChI=1S/C4H12N.3HI/c1-5(2,3)4;;;/h1-4H3;3*1H/q+1;;;/p-3. The van der Waals surface area contributed by atoms with E-state index < -0.39 is 0 Å². The van der Waals surface area contributed by atoms with Crippen molar-refractivity contribution in [3.63, 3.8) is 0 Å². The molecule has 0 heterocycles. The Morgan fingerprint density at radius 1 is 0.625 bits per heavy atom. The Kier molecular flexibility index (Phi) is 25.7. The van der Waals surface area contributed by atoms with Crippen molar-refractivity contribution < 1.29 is 76.4 Å². The predicted octanol–water partition coefficient (Wildman–Crippen LogP) is -8.67. The van der Waals surface area contributed by atoms with Crippen LogP contribution in [0.1, 0.15) is 0 Å². The van der Waals surface area contributed by atoms with E-state index in [9.17, 15) is 0 Å². The SMILES string of the molecule is C[N+](C)(C)C.[I-].[I-].[I-]. The minimum Gasteiger partial charge on any atom is -1.00 e. The van der Waals surface area contributed by atoms with E-state index in [0.29, 0.717) is 0 Å². The highest BCUT2D eigenvalue weighted by Crippen LogP contribution is 1.73. The van der Waals surface area contributed by atoms with E-state index in [1.165, 1.54) is 0 Å². The number of nitrogens with zero attached hydrogens (tertiary/aromatic N) is 1. The molecule has 0 aromatic heterocycles. The van der Waals surface area contributed by atoms with E-state index in [-0.39, 0.29) is 71.9 Å². The lowest BCUT2D eigenvalue weighted by Crippen LogP contribution is -3.00. The molecule has 0 radical (unpaired) electrons. The van der Waals surface area contributed by atoms with E-state index in [0.717, 1.165) is 4.48 Å². The van der Waals surface area contributed by atoms with Crippen LogP contribution in [0.3, 0.4) is 0 Å². The molecule has 0 saturated heterocycles. The average Bonchev–Trinajstić information content (AvgIpc) is 0.722. The van der Waals surface area contributed by atoms with Crippen molar-refractivity contribution in [2.75, 3.05) is 28.2 Å². The fourth-order valence-corrected chi connectivity index (χ4v) is 0. The molecule has 0 aliphatic rings. The monoisotopic (exact) mass is 455 g/mol. The molecule has 8 heavy (non-hydrogen) atoms. The van der Waals surface area contributed by atoms with Gasteiger partial charge in [0.15, 0.2) is 0 Å². The van der Waals surface area contributed by atoms with Crippen LogP contribution >= 0.6 is 0 Å². The highest BCUT2D eigenvalue weighted by atomic mass is 127. The molecule has 4 heteroatoms. The van der Waals surface area contributed by atoms with Crippen LogP contribution in [0.25, 0.3) is 0 Å². The molecule has 0 atom stereocenters. The highest BCUT2D eigenvalue weighted by molar-refractivity contribution is 3.87. The van der Waals surface area contributed by atoms with Crippen molar-refractivity contribution in [2.24, 2.45) is 0 Å². The summed E-state index contributed by atoms with van der Waals surface area (Å²) in [5, 5.41) is 0. The van der Waals surface area contributed by atoms with Gasteiger partial charge in [0.1, 0.15) is 0 Å². The molecule has 0 N–H and O–H groups in total. The first-order valence-electron chi connectivity index (χ1n) is 1.79. The van der Waals surface area contributed by atoms with E-state index >= 15 is 0 Å². The zero-order chi connectivity index (χ0) is 4.50. The van der Waals surface area contributed by atoms with Crippen molar-refractivity contribution in [2.45, 2.75) is 0 Å². The van der Waals surface area contributed by atoms with Crippen molar-refractivity contribution >= 4 is 0 Å². The maximum atomic E-state index is 2.12. The van der Waals surface area contributed by atoms with Gasteiger partial charge in [-0.3, -0.25) is 0 Å². The third-order valence-electron chi connectivity index (χ3n) is 0. The third kappa shape index (κ3) is 90.1. The zero-order valence-corrected chi connectivity index (χ0v) is 12.1. The normalized spacial score (nSPS) is 7.50. The quantitative estimate of drug-likeness (QED) is 0.252. The van der Waals surface area contributed by atoms with Gasteiger partial charge in [-0.2, -0.15) is 0 Å². The van der Waals surface area contributed by atoms with Gasteiger partial charge in [-0.25, -0.2) is 0 Å². The molecule has 0 aliphatic carbocycles. The molecule has 0 unspecified atom stereocenters. The van der Waals surface area contributed by atoms with Gasteiger partial charge in [0.05, 0.1) is 28.2 Å². The average molecular weight is 455 g/mol. The maximum Gasteiger partial charge on any atom is 0.0675 e. The predicted molar refractivity (Wildman–Crippen MR) is 24.0 cm³/mol. The first-order chi connectivity index (χ1) is 2.00. The largest absolute Gasteiger partial charge is 1.00 e. The summed E-state index contributed by atoms with van der Waals surface area (Å²) >= 11 is 0. The summed E-state index contributed by atoms with van der Waals surface area (Å²) in [5.41, 5.74) is 0. The minimum atomic E-state index is 0. The zero-order valence-electron chi connectivity index (χ0n) is 5.58. The van der Waals surface area contributed by atoms with Gasteiger partial charge >= 0.3 is 0 Å².